The molecule has 0 aromatic heterocycles. The molecule has 1 nitrogen and oxygen atoms in total. The second kappa shape index (κ2) is 12.2. The van der Waals surface area contributed by atoms with Gasteiger partial charge in [0.1, 0.15) is 5.75 Å². The van der Waals surface area contributed by atoms with Gasteiger partial charge < -0.3 is 5.11 Å². The Hall–Kier alpha value is -3.67. The van der Waals surface area contributed by atoms with Crippen LogP contribution in [0.4, 0.5) is 0 Å². The Kier molecular flexibility index (Phi) is 8.82. The number of rotatable bonds is 4. The maximum absolute atomic E-state index is 9.78. The number of aromatic hydroxyl groups is 1. The zero-order valence-electron chi connectivity index (χ0n) is 23.3. The average Bonchev–Trinajstić information content (AvgIpc) is 2.89. The van der Waals surface area contributed by atoms with Gasteiger partial charge in [-0.15, -0.1) is 0 Å². The van der Waals surface area contributed by atoms with E-state index in [-0.39, 0.29) is 0 Å². The third kappa shape index (κ3) is 6.42. The summed E-state index contributed by atoms with van der Waals surface area (Å²) in [5, 5.41) is 13.9. The molecule has 0 aliphatic rings. The topological polar surface area (TPSA) is 20.2 Å². The molecule has 0 heterocycles. The van der Waals surface area contributed by atoms with Crippen LogP contribution >= 0.6 is 7.92 Å². The molecule has 0 bridgehead atoms. The Bertz CT molecular complexity index is 1360. The molecule has 0 amide bonds. The van der Waals surface area contributed by atoms with Gasteiger partial charge >= 0.3 is 0 Å². The first kappa shape index (κ1) is 27.4. The molecule has 0 aliphatic carbocycles. The highest BCUT2D eigenvalue weighted by Crippen LogP contribution is 2.38. The molecule has 1 N–H and O–H groups in total. The van der Waals surface area contributed by atoms with Gasteiger partial charge in [0.2, 0.25) is 0 Å². The van der Waals surface area contributed by atoms with Gasteiger partial charge in [-0.05, 0) is 111 Å². The maximum Gasteiger partial charge on any atom is 0.115 e. The van der Waals surface area contributed by atoms with Crippen LogP contribution in [0.15, 0.2) is 109 Å². The number of aryl methyl sites for hydroxylation is 6. The second-order valence-corrected chi connectivity index (χ2v) is 12.2. The summed E-state index contributed by atoms with van der Waals surface area (Å²) in [5.41, 5.74) is 10.6. The monoisotopic (exact) mass is 516 g/mol. The van der Waals surface area contributed by atoms with Crippen LogP contribution in [0.25, 0.3) is 11.1 Å². The van der Waals surface area contributed by atoms with Gasteiger partial charge in [-0.2, -0.15) is 0 Å². The van der Waals surface area contributed by atoms with Crippen molar-refractivity contribution in [2.75, 3.05) is 0 Å². The normalized spacial score (nSPS) is 10.7. The van der Waals surface area contributed by atoms with Gasteiger partial charge in [0.25, 0.3) is 0 Å². The zero-order chi connectivity index (χ0) is 27.2. The lowest BCUT2D eigenvalue weighted by atomic mass is 10.1. The minimum atomic E-state index is -0.678. The Labute approximate surface area is 229 Å². The van der Waals surface area contributed by atoms with Crippen LogP contribution < -0.4 is 15.9 Å². The lowest BCUT2D eigenvalue weighted by Crippen LogP contribution is -2.27. The number of phenols is 1. The molecule has 38 heavy (non-hydrogen) atoms. The van der Waals surface area contributed by atoms with E-state index in [0.717, 1.165) is 0 Å². The minimum absolute atomic E-state index is 0.318. The second-order valence-electron chi connectivity index (χ2n) is 10.1. The zero-order valence-corrected chi connectivity index (χ0v) is 24.2. The molecule has 0 saturated heterocycles. The molecule has 5 rings (SSSR count). The highest BCUT2D eigenvalue weighted by molar-refractivity contribution is 7.80. The van der Waals surface area contributed by atoms with Crippen LogP contribution in [0.5, 0.6) is 5.75 Å². The summed E-state index contributed by atoms with van der Waals surface area (Å²) >= 11 is 0. The molecular weight excluding hydrogens is 479 g/mol. The minimum Gasteiger partial charge on any atom is -0.508 e. The van der Waals surface area contributed by atoms with Crippen LogP contribution in [0.1, 0.15) is 33.4 Å². The first-order chi connectivity index (χ1) is 18.2. The molecule has 0 unspecified atom stereocenters. The molecule has 2 heteroatoms. The number of phenolic OH excluding ortho intramolecular Hbond substituents is 1. The molecule has 192 valence electrons. The van der Waals surface area contributed by atoms with Crippen molar-refractivity contribution >= 4 is 23.8 Å². The summed E-state index contributed by atoms with van der Waals surface area (Å²) in [6.07, 6.45) is 0. The molecule has 0 saturated carbocycles. The van der Waals surface area contributed by atoms with E-state index in [0.29, 0.717) is 5.75 Å². The summed E-state index contributed by atoms with van der Waals surface area (Å²) < 4.78 is 0. The van der Waals surface area contributed by atoms with Crippen LogP contribution in [0, 0.1) is 41.5 Å². The summed E-state index contributed by atoms with van der Waals surface area (Å²) in [6.45, 7) is 13.2. The van der Waals surface area contributed by atoms with Gasteiger partial charge in [0, 0.05) is 0 Å². The van der Waals surface area contributed by atoms with Crippen molar-refractivity contribution in [2.45, 2.75) is 41.5 Å². The fourth-order valence-electron chi connectivity index (χ4n) is 5.28. The molecule has 0 aliphatic heterocycles. The summed E-state index contributed by atoms with van der Waals surface area (Å²) in [5.74, 6) is 0.318. The van der Waals surface area contributed by atoms with Crippen LogP contribution in [-0.4, -0.2) is 5.11 Å². The third-order valence-electron chi connectivity index (χ3n) is 6.71. The van der Waals surface area contributed by atoms with Crippen molar-refractivity contribution < 1.29 is 5.11 Å². The van der Waals surface area contributed by atoms with E-state index >= 15 is 0 Å². The Balaban J connectivity index is 0.000000232. The van der Waals surface area contributed by atoms with Crippen molar-refractivity contribution in [3.05, 3.63) is 143 Å². The predicted octanol–water partition coefficient (Wildman–Crippen LogP) is 8.35. The van der Waals surface area contributed by atoms with Crippen molar-refractivity contribution in [2.24, 2.45) is 0 Å². The maximum atomic E-state index is 9.78. The molecule has 5 aromatic rings. The van der Waals surface area contributed by atoms with E-state index in [1.54, 1.807) is 0 Å². The molecule has 0 spiro atoms. The van der Waals surface area contributed by atoms with E-state index in [9.17, 15) is 5.11 Å². The molecule has 5 aromatic carbocycles. The van der Waals surface area contributed by atoms with Crippen molar-refractivity contribution in [3.8, 4) is 16.9 Å². The summed E-state index contributed by atoms with van der Waals surface area (Å²) in [4.78, 5) is 0. The standard InChI is InChI=1S/C24H27OP.C12H10/c1-15-11-17(3)23(18(4)12-15)26(22-9-7-21(25)8-10-22)24-19(5)13-16(2)14-20(24)6;1-3-7-11(8-4-1)12-9-5-2-6-10-12/h7-14,25H,1-6H3;1-10H. The molecule has 0 fully saturated rings. The van der Waals surface area contributed by atoms with Crippen molar-refractivity contribution in [1.82, 2.24) is 0 Å². The Morgan fingerprint density at radius 1 is 0.447 bits per heavy atom. The van der Waals surface area contributed by atoms with Crippen molar-refractivity contribution in [1.29, 1.82) is 0 Å². The van der Waals surface area contributed by atoms with E-state index in [4.69, 9.17) is 0 Å². The summed E-state index contributed by atoms with van der Waals surface area (Å²) in [7, 11) is -0.678. The average molecular weight is 517 g/mol. The van der Waals surface area contributed by atoms with E-state index < -0.39 is 7.92 Å². The first-order valence-electron chi connectivity index (χ1n) is 13.1. The molecule has 0 radical (unpaired) electrons. The Morgan fingerprint density at radius 3 is 1.13 bits per heavy atom. The largest absolute Gasteiger partial charge is 0.508 e. The fraction of sp³-hybridized carbons (Fsp3) is 0.167. The first-order valence-corrected chi connectivity index (χ1v) is 14.4. The Morgan fingerprint density at radius 2 is 0.789 bits per heavy atom. The third-order valence-corrected chi connectivity index (χ3v) is 9.83. The number of benzene rings is 5. The summed E-state index contributed by atoms with van der Waals surface area (Å²) in [6, 6.07) is 37.7. The van der Waals surface area contributed by atoms with Crippen LogP contribution in [0.2, 0.25) is 0 Å². The SMILES string of the molecule is Cc1cc(C)c(P(c2ccc(O)cc2)c2c(C)cc(C)cc2C)c(C)c1.c1ccc(-c2ccccc2)cc1. The van der Waals surface area contributed by atoms with Crippen molar-refractivity contribution in [3.63, 3.8) is 0 Å². The van der Waals surface area contributed by atoms with E-state index in [1.807, 2.05) is 24.3 Å². The molecule has 0 atom stereocenters. The van der Waals surface area contributed by atoms with E-state index in [1.165, 1.54) is 60.4 Å². The van der Waals surface area contributed by atoms with Gasteiger partial charge in [-0.1, -0.05) is 108 Å². The van der Waals surface area contributed by atoms with Gasteiger partial charge in [-0.25, -0.2) is 0 Å². The van der Waals surface area contributed by atoms with Gasteiger partial charge in [-0.3, -0.25) is 0 Å². The molecular formula is C36H37OP. The van der Waals surface area contributed by atoms with Crippen LogP contribution in [0.3, 0.4) is 0 Å². The lowest BCUT2D eigenvalue weighted by Gasteiger charge is -2.27. The lowest BCUT2D eigenvalue weighted by molar-refractivity contribution is 0.475. The quantitative estimate of drug-likeness (QED) is 0.238. The fourth-order valence-corrected chi connectivity index (χ4v) is 8.14. The smallest absolute Gasteiger partial charge is 0.115 e. The van der Waals surface area contributed by atoms with Gasteiger partial charge in [0.05, 0.1) is 0 Å². The van der Waals surface area contributed by atoms with E-state index in [2.05, 4.69) is 126 Å². The number of hydrogen-bond acceptors (Lipinski definition) is 1. The highest BCUT2D eigenvalue weighted by Gasteiger charge is 2.24. The predicted molar refractivity (Wildman–Crippen MR) is 167 cm³/mol. The van der Waals surface area contributed by atoms with Gasteiger partial charge in [0.15, 0.2) is 0 Å². The number of hydrogen-bond donors (Lipinski definition) is 1. The highest BCUT2D eigenvalue weighted by atomic mass is 31.1. The van der Waals surface area contributed by atoms with Crippen LogP contribution in [-0.2, 0) is 0 Å².